The molecule has 1 aromatic rings. The lowest BCUT2D eigenvalue weighted by atomic mass is 10.1. The lowest BCUT2D eigenvalue weighted by molar-refractivity contribution is -0.384. The summed E-state index contributed by atoms with van der Waals surface area (Å²) in [5.74, 6) is 1.88. The fourth-order valence-electron chi connectivity index (χ4n) is 3.14. The van der Waals surface area contributed by atoms with Gasteiger partial charge in [-0.15, -0.1) is 0 Å². The normalized spacial score (nSPS) is 20.6. The first-order valence-electron chi connectivity index (χ1n) is 8.01. The smallest absolute Gasteiger partial charge is 0.269 e. The first-order chi connectivity index (χ1) is 11.9. The highest BCUT2D eigenvalue weighted by Crippen LogP contribution is 2.25. The third-order valence-corrected chi connectivity index (χ3v) is 7.45. The average Bonchev–Trinajstić information content (AvgIpc) is 2.62. The Morgan fingerprint density at radius 2 is 1.76 bits per heavy atom. The maximum absolute atomic E-state index is 12.7. The van der Waals surface area contributed by atoms with E-state index in [0.29, 0.717) is 6.54 Å². The Kier molecular flexibility index (Phi) is 5.30. The molecule has 2 aliphatic rings. The minimum Gasteiger partial charge on any atom is -0.337 e. The van der Waals surface area contributed by atoms with Crippen LogP contribution in [0.4, 0.5) is 5.69 Å². The number of piperazine rings is 1. The van der Waals surface area contributed by atoms with Crippen LogP contribution in [-0.4, -0.2) is 65.6 Å². The maximum atomic E-state index is 12.7. The number of hydrogen-bond acceptors (Lipinski definition) is 6. The Labute approximate surface area is 150 Å². The second kappa shape index (κ2) is 7.30. The maximum Gasteiger partial charge on any atom is 0.269 e. The molecule has 0 bridgehead atoms. The summed E-state index contributed by atoms with van der Waals surface area (Å²) >= 11 is 1.88. The van der Waals surface area contributed by atoms with Crippen molar-refractivity contribution in [3.05, 3.63) is 34.4 Å². The molecular weight excluding hydrogens is 366 g/mol. The van der Waals surface area contributed by atoms with Crippen LogP contribution in [-0.2, 0) is 14.8 Å². The van der Waals surface area contributed by atoms with Crippen molar-refractivity contribution in [2.75, 3.05) is 31.1 Å². The van der Waals surface area contributed by atoms with Crippen LogP contribution in [0.3, 0.4) is 0 Å². The van der Waals surface area contributed by atoms with Gasteiger partial charge in [0.25, 0.3) is 5.69 Å². The van der Waals surface area contributed by atoms with Gasteiger partial charge in [-0.3, -0.25) is 14.9 Å². The van der Waals surface area contributed by atoms with Crippen molar-refractivity contribution in [3.8, 4) is 0 Å². The molecule has 0 N–H and O–H groups in total. The standard InChI is InChI=1S/C15H19N3O5S2/c19-15-11-16(7-8-17(15)12-5-9-24-10-6-12)25(22,23)14-3-1-13(2-4-14)18(20)21/h1-4,12H,5-11H2. The van der Waals surface area contributed by atoms with Gasteiger partial charge in [0.05, 0.1) is 16.4 Å². The van der Waals surface area contributed by atoms with Gasteiger partial charge in [-0.1, -0.05) is 0 Å². The molecule has 10 heteroatoms. The topological polar surface area (TPSA) is 101 Å². The monoisotopic (exact) mass is 385 g/mol. The Bertz CT molecular complexity index is 760. The van der Waals surface area contributed by atoms with Gasteiger partial charge >= 0.3 is 0 Å². The lowest BCUT2D eigenvalue weighted by Crippen LogP contribution is -2.55. The molecule has 0 aliphatic carbocycles. The molecule has 2 aliphatic heterocycles. The van der Waals surface area contributed by atoms with Gasteiger partial charge in [0.2, 0.25) is 15.9 Å². The van der Waals surface area contributed by atoms with Crippen molar-refractivity contribution < 1.29 is 18.1 Å². The molecule has 25 heavy (non-hydrogen) atoms. The number of rotatable bonds is 4. The van der Waals surface area contributed by atoms with Gasteiger partial charge in [0.1, 0.15) is 0 Å². The van der Waals surface area contributed by atoms with E-state index in [1.165, 1.54) is 12.1 Å². The SMILES string of the molecule is O=C1CN(S(=O)(=O)c2ccc([N+](=O)[O-])cc2)CCN1C1CCSCC1. The first kappa shape index (κ1) is 18.2. The van der Waals surface area contributed by atoms with Gasteiger partial charge in [0, 0.05) is 31.3 Å². The van der Waals surface area contributed by atoms with Crippen molar-refractivity contribution >= 4 is 33.4 Å². The molecule has 2 fully saturated rings. The van der Waals surface area contributed by atoms with Crippen LogP contribution in [0.2, 0.25) is 0 Å². The molecule has 0 aromatic heterocycles. The van der Waals surface area contributed by atoms with E-state index >= 15 is 0 Å². The van der Waals surface area contributed by atoms with Crippen LogP contribution in [0.15, 0.2) is 29.2 Å². The van der Waals surface area contributed by atoms with Gasteiger partial charge in [0.15, 0.2) is 0 Å². The highest BCUT2D eigenvalue weighted by Gasteiger charge is 2.36. The number of nitro groups is 1. The molecule has 0 atom stereocenters. The number of carbonyl (C=O) groups is 1. The molecule has 0 radical (unpaired) electrons. The summed E-state index contributed by atoms with van der Waals surface area (Å²) < 4.78 is 26.5. The highest BCUT2D eigenvalue weighted by molar-refractivity contribution is 7.99. The second-order valence-electron chi connectivity index (χ2n) is 6.02. The second-order valence-corrected chi connectivity index (χ2v) is 9.18. The van der Waals surface area contributed by atoms with Crippen LogP contribution in [0, 0.1) is 10.1 Å². The zero-order valence-electron chi connectivity index (χ0n) is 13.5. The molecule has 0 spiro atoms. The molecule has 3 rings (SSSR count). The predicted octanol–water partition coefficient (Wildman–Crippen LogP) is 1.32. The zero-order valence-corrected chi connectivity index (χ0v) is 15.2. The number of nitrogens with zero attached hydrogens (tertiary/aromatic N) is 3. The van der Waals surface area contributed by atoms with Crippen LogP contribution in [0.25, 0.3) is 0 Å². The third-order valence-electron chi connectivity index (χ3n) is 4.54. The summed E-state index contributed by atoms with van der Waals surface area (Å²) in [6, 6.07) is 4.94. The van der Waals surface area contributed by atoms with Gasteiger partial charge in [-0.25, -0.2) is 8.42 Å². The van der Waals surface area contributed by atoms with Crippen molar-refractivity contribution in [3.63, 3.8) is 0 Å². The van der Waals surface area contributed by atoms with E-state index in [1.54, 1.807) is 0 Å². The molecule has 136 valence electrons. The number of thioether (sulfide) groups is 1. The largest absolute Gasteiger partial charge is 0.337 e. The molecule has 1 amide bonds. The van der Waals surface area contributed by atoms with E-state index in [0.717, 1.165) is 40.8 Å². The molecule has 2 heterocycles. The van der Waals surface area contributed by atoms with E-state index in [9.17, 15) is 23.3 Å². The van der Waals surface area contributed by atoms with E-state index in [1.807, 2.05) is 16.7 Å². The minimum absolute atomic E-state index is 0.0339. The zero-order chi connectivity index (χ0) is 18.0. The van der Waals surface area contributed by atoms with Crippen LogP contribution >= 0.6 is 11.8 Å². The Hall–Kier alpha value is -1.65. The number of benzene rings is 1. The van der Waals surface area contributed by atoms with E-state index in [2.05, 4.69) is 0 Å². The fraction of sp³-hybridized carbons (Fsp3) is 0.533. The summed E-state index contributed by atoms with van der Waals surface area (Å²) in [7, 11) is -3.83. The predicted molar refractivity (Wildman–Crippen MR) is 93.9 cm³/mol. The Morgan fingerprint density at radius 3 is 2.32 bits per heavy atom. The van der Waals surface area contributed by atoms with Gasteiger partial charge in [-0.05, 0) is 36.5 Å². The van der Waals surface area contributed by atoms with Crippen molar-refractivity contribution in [1.82, 2.24) is 9.21 Å². The molecule has 0 unspecified atom stereocenters. The van der Waals surface area contributed by atoms with Crippen LogP contribution in [0.5, 0.6) is 0 Å². The van der Waals surface area contributed by atoms with E-state index in [4.69, 9.17) is 0 Å². The Morgan fingerprint density at radius 1 is 1.12 bits per heavy atom. The summed E-state index contributed by atoms with van der Waals surface area (Å²) in [5.41, 5.74) is -0.171. The summed E-state index contributed by atoms with van der Waals surface area (Å²) in [6.07, 6.45) is 1.90. The summed E-state index contributed by atoms with van der Waals surface area (Å²) in [4.78, 5) is 24.3. The number of sulfonamides is 1. The average molecular weight is 385 g/mol. The van der Waals surface area contributed by atoms with Crippen molar-refractivity contribution in [2.45, 2.75) is 23.8 Å². The third kappa shape index (κ3) is 3.80. The minimum atomic E-state index is -3.83. The first-order valence-corrected chi connectivity index (χ1v) is 10.6. The fourth-order valence-corrected chi connectivity index (χ4v) is 5.60. The van der Waals surface area contributed by atoms with E-state index < -0.39 is 14.9 Å². The highest BCUT2D eigenvalue weighted by atomic mass is 32.2. The lowest BCUT2D eigenvalue weighted by Gasteiger charge is -2.39. The number of amides is 1. The summed E-state index contributed by atoms with van der Waals surface area (Å²) in [6.45, 7) is 0.456. The van der Waals surface area contributed by atoms with Crippen molar-refractivity contribution in [2.24, 2.45) is 0 Å². The summed E-state index contributed by atoms with van der Waals surface area (Å²) in [5, 5.41) is 10.7. The van der Waals surface area contributed by atoms with Crippen LogP contribution < -0.4 is 0 Å². The quantitative estimate of drug-likeness (QED) is 0.572. The number of hydrogen-bond donors (Lipinski definition) is 0. The molecule has 0 saturated carbocycles. The van der Waals surface area contributed by atoms with Crippen LogP contribution in [0.1, 0.15) is 12.8 Å². The molecule has 8 nitrogen and oxygen atoms in total. The van der Waals surface area contributed by atoms with E-state index in [-0.39, 0.29) is 35.6 Å². The number of carbonyl (C=O) groups excluding carboxylic acids is 1. The number of non-ortho nitro benzene ring substituents is 1. The number of nitro benzene ring substituents is 1. The van der Waals surface area contributed by atoms with Crippen molar-refractivity contribution in [1.29, 1.82) is 0 Å². The van der Waals surface area contributed by atoms with Gasteiger partial charge in [-0.2, -0.15) is 16.1 Å². The van der Waals surface area contributed by atoms with Gasteiger partial charge < -0.3 is 4.90 Å². The molecule has 2 saturated heterocycles. The molecule has 1 aromatic carbocycles. The Balaban J connectivity index is 1.71. The molecular formula is C15H19N3O5S2.